The summed E-state index contributed by atoms with van der Waals surface area (Å²) in [5.41, 5.74) is 0.782. The molecule has 0 atom stereocenters. The summed E-state index contributed by atoms with van der Waals surface area (Å²) in [6.45, 7) is 2.34. The molecule has 0 amide bonds. The molecule has 3 heterocycles. The first kappa shape index (κ1) is 19.8. The molecular weight excluding hydrogens is 441 g/mol. The van der Waals surface area contributed by atoms with Crippen LogP contribution in [0, 0.1) is 4.77 Å². The van der Waals surface area contributed by atoms with E-state index in [4.69, 9.17) is 35.4 Å². The normalized spacial score (nSPS) is 16.6. The molecule has 1 aliphatic heterocycles. The molecule has 3 aromatic rings. The highest BCUT2D eigenvalue weighted by Gasteiger charge is 2.30. The van der Waals surface area contributed by atoms with Crippen molar-refractivity contribution in [2.24, 2.45) is 0 Å². The Morgan fingerprint density at radius 1 is 1.04 bits per heavy atom. The molecule has 28 heavy (non-hydrogen) atoms. The SMILES string of the molecule is O=S(=O)(c1cccc(Cl)c1Cl)N1CCN(Cn2nc3ccccn3c2=S)CC1. The van der Waals surface area contributed by atoms with E-state index in [-0.39, 0.29) is 14.9 Å². The minimum absolute atomic E-state index is 0.0395. The number of nitrogens with zero attached hydrogens (tertiary/aromatic N) is 5. The Morgan fingerprint density at radius 3 is 2.50 bits per heavy atom. The lowest BCUT2D eigenvalue weighted by Crippen LogP contribution is -2.49. The van der Waals surface area contributed by atoms with Crippen LogP contribution in [-0.4, -0.2) is 58.0 Å². The van der Waals surface area contributed by atoms with Crippen LogP contribution in [0.3, 0.4) is 0 Å². The molecule has 4 rings (SSSR count). The number of pyridine rings is 1. The molecule has 0 bridgehead atoms. The first-order valence-electron chi connectivity index (χ1n) is 8.58. The number of aromatic nitrogens is 3. The van der Waals surface area contributed by atoms with Gasteiger partial charge in [-0.2, -0.15) is 9.40 Å². The molecule has 0 N–H and O–H groups in total. The van der Waals surface area contributed by atoms with Crippen LogP contribution in [0.15, 0.2) is 47.5 Å². The largest absolute Gasteiger partial charge is 0.282 e. The predicted molar refractivity (Wildman–Crippen MR) is 111 cm³/mol. The third-order valence-electron chi connectivity index (χ3n) is 4.69. The predicted octanol–water partition coefficient (Wildman–Crippen LogP) is 3.14. The standard InChI is InChI=1S/C17H17Cl2N5O2S2/c18-13-4-3-5-14(16(13)19)28(25,26)22-10-8-21(9-11-22)12-24-17(27)23-7-2-1-6-15(23)20-24/h1-7H,8-12H2. The Hall–Kier alpha value is -1.49. The van der Waals surface area contributed by atoms with Crippen molar-refractivity contribution >= 4 is 51.1 Å². The zero-order valence-corrected chi connectivity index (χ0v) is 17.8. The van der Waals surface area contributed by atoms with Gasteiger partial charge in [0.15, 0.2) is 5.65 Å². The smallest absolute Gasteiger partial charge is 0.244 e. The Balaban J connectivity index is 1.48. The molecule has 1 aliphatic rings. The zero-order chi connectivity index (χ0) is 19.9. The molecule has 0 spiro atoms. The molecular formula is C17H17Cl2N5O2S2. The molecule has 148 valence electrons. The second-order valence-corrected chi connectivity index (χ2v) is 9.48. The van der Waals surface area contributed by atoms with E-state index in [1.807, 2.05) is 28.8 Å². The van der Waals surface area contributed by atoms with Crippen LogP contribution >= 0.6 is 35.4 Å². The van der Waals surface area contributed by atoms with Crippen molar-refractivity contribution in [3.63, 3.8) is 0 Å². The second kappa shape index (κ2) is 7.74. The summed E-state index contributed by atoms with van der Waals surface area (Å²) in [4.78, 5) is 2.16. The first-order chi connectivity index (χ1) is 13.4. The van der Waals surface area contributed by atoms with E-state index in [1.54, 1.807) is 16.8 Å². The van der Waals surface area contributed by atoms with Crippen molar-refractivity contribution in [1.82, 2.24) is 23.4 Å². The van der Waals surface area contributed by atoms with Crippen LogP contribution < -0.4 is 0 Å². The van der Waals surface area contributed by atoms with Gasteiger partial charge in [-0.25, -0.2) is 13.1 Å². The molecule has 11 heteroatoms. The van der Waals surface area contributed by atoms with Gasteiger partial charge in [0.25, 0.3) is 0 Å². The van der Waals surface area contributed by atoms with Gasteiger partial charge in [0.2, 0.25) is 14.8 Å². The Morgan fingerprint density at radius 2 is 1.79 bits per heavy atom. The summed E-state index contributed by atoms with van der Waals surface area (Å²) in [7, 11) is -3.70. The number of hydrogen-bond acceptors (Lipinski definition) is 5. The van der Waals surface area contributed by atoms with Crippen LogP contribution in [0.5, 0.6) is 0 Å². The monoisotopic (exact) mass is 457 g/mol. The summed E-state index contributed by atoms with van der Waals surface area (Å²) in [6, 6.07) is 10.3. The first-order valence-corrected chi connectivity index (χ1v) is 11.2. The van der Waals surface area contributed by atoms with Gasteiger partial charge in [-0.1, -0.05) is 35.3 Å². The highest BCUT2D eigenvalue weighted by molar-refractivity contribution is 7.89. The molecule has 7 nitrogen and oxygen atoms in total. The summed E-state index contributed by atoms with van der Waals surface area (Å²) in [5, 5.41) is 4.80. The van der Waals surface area contributed by atoms with E-state index >= 15 is 0 Å². The summed E-state index contributed by atoms with van der Waals surface area (Å²) in [5.74, 6) is 0. The maximum Gasteiger partial charge on any atom is 0.244 e. The van der Waals surface area contributed by atoms with Crippen molar-refractivity contribution in [1.29, 1.82) is 0 Å². The Kier molecular flexibility index (Phi) is 5.47. The average Bonchev–Trinajstić information content (AvgIpc) is 3.00. The number of halogens is 2. The highest BCUT2D eigenvalue weighted by Crippen LogP contribution is 2.31. The lowest BCUT2D eigenvalue weighted by Gasteiger charge is -2.33. The number of piperazine rings is 1. The fraction of sp³-hybridized carbons (Fsp3) is 0.294. The minimum atomic E-state index is -3.70. The van der Waals surface area contributed by atoms with Gasteiger partial charge in [-0.05, 0) is 36.5 Å². The average molecular weight is 458 g/mol. The van der Waals surface area contributed by atoms with Crippen molar-refractivity contribution in [2.45, 2.75) is 11.6 Å². The van der Waals surface area contributed by atoms with Gasteiger partial charge < -0.3 is 0 Å². The summed E-state index contributed by atoms with van der Waals surface area (Å²) >= 11 is 17.6. The maximum atomic E-state index is 12.9. The molecule has 2 aromatic heterocycles. The van der Waals surface area contributed by atoms with Gasteiger partial charge in [0.1, 0.15) is 4.90 Å². The van der Waals surface area contributed by atoms with Gasteiger partial charge in [-0.3, -0.25) is 9.30 Å². The number of hydrogen-bond donors (Lipinski definition) is 0. The highest BCUT2D eigenvalue weighted by atomic mass is 35.5. The van der Waals surface area contributed by atoms with E-state index in [0.29, 0.717) is 37.6 Å². The van der Waals surface area contributed by atoms with Gasteiger partial charge in [0, 0.05) is 32.4 Å². The Bertz CT molecular complexity index is 1180. The quantitative estimate of drug-likeness (QED) is 0.563. The van der Waals surface area contributed by atoms with Gasteiger partial charge in [-0.15, -0.1) is 0 Å². The van der Waals surface area contributed by atoms with E-state index in [9.17, 15) is 8.42 Å². The van der Waals surface area contributed by atoms with Crippen LogP contribution in [0.4, 0.5) is 0 Å². The Labute approximate surface area is 177 Å². The van der Waals surface area contributed by atoms with E-state index < -0.39 is 10.0 Å². The molecule has 1 saturated heterocycles. The van der Waals surface area contributed by atoms with Gasteiger partial charge >= 0.3 is 0 Å². The van der Waals surface area contributed by atoms with E-state index in [2.05, 4.69) is 10.00 Å². The van der Waals surface area contributed by atoms with Crippen LogP contribution in [-0.2, 0) is 16.7 Å². The lowest BCUT2D eigenvalue weighted by molar-refractivity contribution is 0.145. The number of benzene rings is 1. The molecule has 0 radical (unpaired) electrons. The molecule has 0 aliphatic carbocycles. The summed E-state index contributed by atoms with van der Waals surface area (Å²) in [6.07, 6.45) is 1.88. The van der Waals surface area contributed by atoms with Crippen molar-refractivity contribution in [3.05, 3.63) is 57.4 Å². The van der Waals surface area contributed by atoms with Crippen molar-refractivity contribution < 1.29 is 8.42 Å². The van der Waals surface area contributed by atoms with Crippen molar-refractivity contribution in [2.75, 3.05) is 26.2 Å². The molecule has 1 fully saturated rings. The van der Waals surface area contributed by atoms with Crippen molar-refractivity contribution in [3.8, 4) is 0 Å². The topological polar surface area (TPSA) is 62.9 Å². The number of rotatable bonds is 4. The maximum absolute atomic E-state index is 12.9. The minimum Gasteiger partial charge on any atom is -0.282 e. The fourth-order valence-electron chi connectivity index (χ4n) is 3.18. The van der Waals surface area contributed by atoms with Crippen LogP contribution in [0.25, 0.3) is 5.65 Å². The number of sulfonamides is 1. The lowest BCUT2D eigenvalue weighted by atomic mass is 10.4. The van der Waals surface area contributed by atoms with E-state index in [0.717, 1.165) is 5.65 Å². The fourth-order valence-corrected chi connectivity index (χ4v) is 5.59. The molecule has 0 unspecified atom stereocenters. The van der Waals surface area contributed by atoms with E-state index in [1.165, 1.54) is 10.4 Å². The summed E-state index contributed by atoms with van der Waals surface area (Å²) < 4.78 is 31.5. The molecule has 1 aromatic carbocycles. The third kappa shape index (κ3) is 3.58. The molecule has 0 saturated carbocycles. The second-order valence-electron chi connectivity index (χ2n) is 6.43. The number of fused-ring (bicyclic) bond motifs is 1. The van der Waals surface area contributed by atoms with Crippen LogP contribution in [0.1, 0.15) is 0 Å². The third-order valence-corrected chi connectivity index (χ3v) is 7.97. The van der Waals surface area contributed by atoms with Gasteiger partial charge in [0.05, 0.1) is 16.7 Å². The zero-order valence-electron chi connectivity index (χ0n) is 14.7. The van der Waals surface area contributed by atoms with Crippen LogP contribution in [0.2, 0.25) is 10.0 Å².